The van der Waals surface area contributed by atoms with Crippen LogP contribution < -0.4 is 10.1 Å². The molecule has 1 aromatic rings. The maximum absolute atomic E-state index is 13.4. The molecule has 0 bridgehead atoms. The fraction of sp³-hybridized carbons (Fsp3) is 0.333. The van der Waals surface area contributed by atoms with Crippen LogP contribution in [0.15, 0.2) is 40.5 Å². The summed E-state index contributed by atoms with van der Waals surface area (Å²) in [5.74, 6) is 0.170. The topological polar surface area (TPSA) is 49.2 Å². The van der Waals surface area contributed by atoms with Crippen LogP contribution in [0.4, 0.5) is 10.1 Å². The number of anilines is 1. The molecule has 2 heterocycles. The number of halogens is 1. The van der Waals surface area contributed by atoms with E-state index in [9.17, 15) is 4.39 Å². The molecular formula is C15H17FN4O. The molecule has 0 aromatic heterocycles. The van der Waals surface area contributed by atoms with Gasteiger partial charge in [0, 0.05) is 19.3 Å². The van der Waals surface area contributed by atoms with Crippen molar-refractivity contribution >= 4 is 17.7 Å². The second-order valence-electron chi connectivity index (χ2n) is 4.91. The van der Waals surface area contributed by atoms with Gasteiger partial charge in [0.1, 0.15) is 30.1 Å². The molecule has 1 N–H and O–H groups in total. The molecule has 0 amide bonds. The highest BCUT2D eigenvalue weighted by Gasteiger charge is 2.33. The van der Waals surface area contributed by atoms with Crippen LogP contribution in [0.3, 0.4) is 0 Å². The van der Waals surface area contributed by atoms with E-state index in [0.29, 0.717) is 12.4 Å². The Bertz CT molecular complexity index is 626. The van der Waals surface area contributed by atoms with Gasteiger partial charge in [0.25, 0.3) is 0 Å². The van der Waals surface area contributed by atoms with Gasteiger partial charge in [0.15, 0.2) is 0 Å². The third-order valence-electron chi connectivity index (χ3n) is 3.50. The minimum absolute atomic E-state index is 0.0366. The zero-order valence-corrected chi connectivity index (χ0v) is 12.0. The molecule has 21 heavy (non-hydrogen) atoms. The molecule has 0 saturated heterocycles. The molecule has 2 unspecified atom stereocenters. The van der Waals surface area contributed by atoms with Crippen molar-refractivity contribution in [3.8, 4) is 5.75 Å². The van der Waals surface area contributed by atoms with E-state index in [0.717, 1.165) is 11.4 Å². The largest absolute Gasteiger partial charge is 0.492 e. The van der Waals surface area contributed by atoms with Gasteiger partial charge in [0.05, 0.1) is 18.0 Å². The molecule has 0 spiro atoms. The summed E-state index contributed by atoms with van der Waals surface area (Å²) < 4.78 is 18.8. The second kappa shape index (κ2) is 5.55. The molecule has 6 heteroatoms. The second-order valence-corrected chi connectivity index (χ2v) is 4.91. The lowest BCUT2D eigenvalue weighted by atomic mass is 10.1. The highest BCUT2D eigenvalue weighted by Crippen LogP contribution is 2.28. The Morgan fingerprint density at radius 2 is 2.29 bits per heavy atom. The monoisotopic (exact) mass is 288 g/mol. The van der Waals surface area contributed by atoms with E-state index in [1.807, 2.05) is 26.2 Å². The zero-order chi connectivity index (χ0) is 14.8. The van der Waals surface area contributed by atoms with Gasteiger partial charge in [-0.25, -0.2) is 14.4 Å². The summed E-state index contributed by atoms with van der Waals surface area (Å²) in [6, 6.07) is 4.49. The predicted octanol–water partition coefficient (Wildman–Crippen LogP) is 2.27. The number of likely N-dealkylation sites (N-methyl/N-ethyl adjacent to an activating group) is 1. The van der Waals surface area contributed by atoms with E-state index in [-0.39, 0.29) is 18.0 Å². The van der Waals surface area contributed by atoms with Gasteiger partial charge in [-0.15, -0.1) is 0 Å². The predicted molar refractivity (Wildman–Crippen MR) is 81.6 cm³/mol. The van der Waals surface area contributed by atoms with Crippen molar-refractivity contribution in [2.75, 3.05) is 19.0 Å². The summed E-state index contributed by atoms with van der Waals surface area (Å²) in [6.45, 7) is 2.34. The molecular weight excluding hydrogens is 271 g/mol. The number of hydrogen-bond donors (Lipinski definition) is 1. The van der Waals surface area contributed by atoms with Crippen molar-refractivity contribution in [1.82, 2.24) is 4.90 Å². The Kier molecular flexibility index (Phi) is 3.60. The molecule has 0 saturated carbocycles. The summed E-state index contributed by atoms with van der Waals surface area (Å²) in [4.78, 5) is 10.7. The highest BCUT2D eigenvalue weighted by atomic mass is 19.1. The van der Waals surface area contributed by atoms with Gasteiger partial charge in [-0.2, -0.15) is 0 Å². The van der Waals surface area contributed by atoms with E-state index in [4.69, 9.17) is 4.74 Å². The molecule has 2 aliphatic rings. The summed E-state index contributed by atoms with van der Waals surface area (Å²) in [6.07, 6.45) is 5.30. The van der Waals surface area contributed by atoms with Crippen molar-refractivity contribution < 1.29 is 9.13 Å². The van der Waals surface area contributed by atoms with Crippen LogP contribution in [0.25, 0.3) is 0 Å². The van der Waals surface area contributed by atoms with Crippen molar-refractivity contribution in [3.63, 3.8) is 0 Å². The average molecular weight is 288 g/mol. The summed E-state index contributed by atoms with van der Waals surface area (Å²) in [5, 5.41) is 3.31. The smallest absolute Gasteiger partial charge is 0.146 e. The average Bonchev–Trinajstić information content (AvgIpc) is 2.85. The molecule has 110 valence electrons. The summed E-state index contributed by atoms with van der Waals surface area (Å²) >= 11 is 0. The van der Waals surface area contributed by atoms with Crippen LogP contribution in [-0.4, -0.2) is 42.8 Å². The van der Waals surface area contributed by atoms with Crippen LogP contribution in [0.1, 0.15) is 6.92 Å². The van der Waals surface area contributed by atoms with Crippen molar-refractivity contribution in [1.29, 1.82) is 0 Å². The first kappa shape index (κ1) is 13.6. The van der Waals surface area contributed by atoms with Crippen LogP contribution in [0.2, 0.25) is 0 Å². The fourth-order valence-corrected chi connectivity index (χ4v) is 2.52. The molecule has 0 radical (unpaired) electrons. The Labute approximate surface area is 122 Å². The lowest BCUT2D eigenvalue weighted by Gasteiger charge is -2.30. The molecule has 2 atom stereocenters. The third-order valence-corrected chi connectivity index (χ3v) is 3.50. The Hall–Kier alpha value is -2.37. The van der Waals surface area contributed by atoms with E-state index >= 15 is 0 Å². The molecule has 1 aromatic carbocycles. The van der Waals surface area contributed by atoms with E-state index in [1.54, 1.807) is 12.4 Å². The van der Waals surface area contributed by atoms with Crippen LogP contribution >= 0.6 is 0 Å². The Balaban J connectivity index is 1.84. The van der Waals surface area contributed by atoms with Gasteiger partial charge in [-0.1, -0.05) is 0 Å². The lowest BCUT2D eigenvalue weighted by Crippen LogP contribution is -2.45. The SMILES string of the molecule is CCOc1cc(F)ccc1NC1N=CN=C2C=CN(C)C21. The minimum Gasteiger partial charge on any atom is -0.492 e. The lowest BCUT2D eigenvalue weighted by molar-refractivity contribution is 0.338. The van der Waals surface area contributed by atoms with Gasteiger partial charge >= 0.3 is 0 Å². The number of fused-ring (bicyclic) bond motifs is 1. The number of rotatable bonds is 4. The van der Waals surface area contributed by atoms with Gasteiger partial charge in [-0.05, 0) is 25.1 Å². The number of aliphatic imine (C=N–C) groups is 2. The van der Waals surface area contributed by atoms with E-state index < -0.39 is 0 Å². The van der Waals surface area contributed by atoms with Gasteiger partial charge in [-0.3, -0.25) is 0 Å². The quantitative estimate of drug-likeness (QED) is 0.924. The standard InChI is InChI=1S/C15H17FN4O/c1-3-21-13-8-10(16)4-5-11(13)19-15-14-12(17-9-18-15)6-7-20(14)2/h4-9,14-15,19H,3H2,1-2H3. The van der Waals surface area contributed by atoms with Crippen molar-refractivity contribution in [2.24, 2.45) is 9.98 Å². The van der Waals surface area contributed by atoms with Gasteiger partial charge in [0.2, 0.25) is 0 Å². The van der Waals surface area contributed by atoms with Gasteiger partial charge < -0.3 is 15.0 Å². The van der Waals surface area contributed by atoms with Crippen molar-refractivity contribution in [3.05, 3.63) is 36.3 Å². The highest BCUT2D eigenvalue weighted by molar-refractivity contribution is 6.06. The number of ether oxygens (including phenoxy) is 1. The molecule has 2 aliphatic heterocycles. The summed E-state index contributed by atoms with van der Waals surface area (Å²) in [5.41, 5.74) is 1.69. The molecule has 5 nitrogen and oxygen atoms in total. The van der Waals surface area contributed by atoms with E-state index in [1.165, 1.54) is 12.1 Å². The van der Waals surface area contributed by atoms with Crippen LogP contribution in [0, 0.1) is 5.82 Å². The first-order valence-electron chi connectivity index (χ1n) is 6.87. The number of nitrogens with one attached hydrogen (secondary N) is 1. The first-order valence-corrected chi connectivity index (χ1v) is 6.87. The number of nitrogens with zero attached hydrogens (tertiary/aromatic N) is 3. The van der Waals surface area contributed by atoms with Crippen LogP contribution in [0.5, 0.6) is 5.75 Å². The number of benzene rings is 1. The molecule has 0 aliphatic carbocycles. The fourth-order valence-electron chi connectivity index (χ4n) is 2.52. The van der Waals surface area contributed by atoms with Crippen LogP contribution in [-0.2, 0) is 0 Å². The van der Waals surface area contributed by atoms with E-state index in [2.05, 4.69) is 20.2 Å². The third kappa shape index (κ3) is 2.61. The Morgan fingerprint density at radius 3 is 3.10 bits per heavy atom. The zero-order valence-electron chi connectivity index (χ0n) is 12.0. The van der Waals surface area contributed by atoms with Crippen molar-refractivity contribution in [2.45, 2.75) is 19.1 Å². The normalized spacial score (nSPS) is 23.0. The molecule has 0 fully saturated rings. The Morgan fingerprint density at radius 1 is 1.43 bits per heavy atom. The molecule has 3 rings (SSSR count). The maximum atomic E-state index is 13.4. The maximum Gasteiger partial charge on any atom is 0.146 e. The first-order chi connectivity index (χ1) is 10.2. The summed E-state index contributed by atoms with van der Waals surface area (Å²) in [7, 11) is 1.98. The number of hydrogen-bond acceptors (Lipinski definition) is 5. The minimum atomic E-state index is -0.321.